The van der Waals surface area contributed by atoms with Gasteiger partial charge in [-0.05, 0) is 41.3 Å². The molecule has 0 radical (unpaired) electrons. The van der Waals surface area contributed by atoms with Crippen LogP contribution in [0.15, 0.2) is 53.5 Å². The molecule has 156 valence electrons. The smallest absolute Gasteiger partial charge is 0.406 e. The molecule has 9 heteroatoms. The Morgan fingerprint density at radius 1 is 1.10 bits per heavy atom. The van der Waals surface area contributed by atoms with E-state index in [2.05, 4.69) is 4.98 Å². The van der Waals surface area contributed by atoms with Crippen molar-refractivity contribution in [2.24, 2.45) is 0 Å². The summed E-state index contributed by atoms with van der Waals surface area (Å²) in [5, 5.41) is 9.43. The van der Waals surface area contributed by atoms with Crippen LogP contribution < -0.4 is 5.69 Å². The quantitative estimate of drug-likeness (QED) is 0.680. The maximum Gasteiger partial charge on any atom is 0.406 e. The van der Waals surface area contributed by atoms with Gasteiger partial charge in [-0.25, -0.2) is 4.79 Å². The lowest BCUT2D eigenvalue weighted by Crippen LogP contribution is -2.34. The number of hydrogen-bond donors (Lipinski definition) is 2. The molecule has 30 heavy (non-hydrogen) atoms. The number of hydrogen-bond acceptors (Lipinski definition) is 3. The molecule has 3 aromatic rings. The zero-order valence-electron chi connectivity index (χ0n) is 15.9. The number of H-pyrrole nitrogens is 1. The molecule has 1 atom stereocenters. The highest BCUT2D eigenvalue weighted by molar-refractivity contribution is 5.99. The fraction of sp³-hybridized carbons (Fsp3) is 0.238. The standard InChI is InChI=1S/C21H18F3N3O3/c1-12(27-10-18(28)25-20(27)30)13-2-4-14(5-3-13)15-6-7-17-16(8-15)9-26(19(17)29)11-21(22,23)24/h2-8,10,12,28H,9,11H2,1H3,(H,25,30). The average molecular weight is 417 g/mol. The minimum absolute atomic E-state index is 0.0729. The number of benzene rings is 2. The van der Waals surface area contributed by atoms with Crippen molar-refractivity contribution in [2.45, 2.75) is 25.7 Å². The van der Waals surface area contributed by atoms with Crippen molar-refractivity contribution < 1.29 is 23.1 Å². The molecule has 0 fully saturated rings. The van der Waals surface area contributed by atoms with Gasteiger partial charge in [-0.1, -0.05) is 30.3 Å². The lowest BCUT2D eigenvalue weighted by molar-refractivity contribution is -0.140. The van der Waals surface area contributed by atoms with Gasteiger partial charge in [0.05, 0.1) is 12.2 Å². The molecular weight excluding hydrogens is 399 g/mol. The first-order valence-corrected chi connectivity index (χ1v) is 9.22. The van der Waals surface area contributed by atoms with Crippen LogP contribution >= 0.6 is 0 Å². The van der Waals surface area contributed by atoms with Gasteiger partial charge in [-0.15, -0.1) is 0 Å². The molecule has 2 aromatic carbocycles. The largest absolute Gasteiger partial charge is 0.493 e. The molecule has 2 N–H and O–H groups in total. The predicted molar refractivity (Wildman–Crippen MR) is 103 cm³/mol. The number of carbonyl (C=O) groups is 1. The number of imidazole rings is 1. The number of aromatic amines is 1. The van der Waals surface area contributed by atoms with Crippen molar-refractivity contribution in [1.82, 2.24) is 14.5 Å². The Bertz CT molecular complexity index is 1160. The average Bonchev–Trinajstić information content (AvgIpc) is 3.18. The van der Waals surface area contributed by atoms with Crippen LogP contribution in [0.3, 0.4) is 0 Å². The first-order valence-electron chi connectivity index (χ1n) is 9.22. The summed E-state index contributed by atoms with van der Waals surface area (Å²) in [6.07, 6.45) is -3.11. The minimum atomic E-state index is -4.44. The molecule has 6 nitrogen and oxygen atoms in total. The third kappa shape index (κ3) is 3.70. The van der Waals surface area contributed by atoms with Gasteiger partial charge in [0, 0.05) is 12.1 Å². The van der Waals surface area contributed by atoms with E-state index in [1.807, 2.05) is 31.2 Å². The lowest BCUT2D eigenvalue weighted by Gasteiger charge is -2.17. The molecule has 0 spiro atoms. The maximum atomic E-state index is 12.7. The van der Waals surface area contributed by atoms with Crippen LogP contribution in [0.5, 0.6) is 5.88 Å². The van der Waals surface area contributed by atoms with Crippen molar-refractivity contribution in [3.8, 4) is 17.0 Å². The van der Waals surface area contributed by atoms with Crippen LogP contribution in [0.1, 0.15) is 34.5 Å². The first-order chi connectivity index (χ1) is 14.1. The molecule has 1 unspecified atom stereocenters. The van der Waals surface area contributed by atoms with E-state index in [9.17, 15) is 27.9 Å². The third-order valence-electron chi connectivity index (χ3n) is 5.23. The van der Waals surface area contributed by atoms with Crippen molar-refractivity contribution in [3.05, 3.63) is 75.8 Å². The highest BCUT2D eigenvalue weighted by Gasteiger charge is 2.37. The normalized spacial score (nSPS) is 14.8. The van der Waals surface area contributed by atoms with Gasteiger partial charge in [0.15, 0.2) is 0 Å². The van der Waals surface area contributed by atoms with Crippen molar-refractivity contribution >= 4 is 5.91 Å². The van der Waals surface area contributed by atoms with Gasteiger partial charge in [-0.3, -0.25) is 14.3 Å². The first kappa shape index (κ1) is 19.8. The Kier molecular flexibility index (Phi) is 4.68. The lowest BCUT2D eigenvalue weighted by atomic mass is 9.98. The number of nitrogens with zero attached hydrogens (tertiary/aromatic N) is 2. The summed E-state index contributed by atoms with van der Waals surface area (Å²) >= 11 is 0. The molecule has 1 aromatic heterocycles. The molecule has 1 aliphatic rings. The summed E-state index contributed by atoms with van der Waals surface area (Å²) in [6, 6.07) is 12.1. The number of aromatic nitrogens is 2. The summed E-state index contributed by atoms with van der Waals surface area (Å²) in [4.78, 5) is 27.1. The number of carbonyl (C=O) groups excluding carboxylic acids is 1. The van der Waals surface area contributed by atoms with E-state index in [4.69, 9.17) is 0 Å². The Balaban J connectivity index is 1.56. The zero-order chi connectivity index (χ0) is 21.6. The Labute approximate surface area is 169 Å². The van der Waals surface area contributed by atoms with Crippen LogP contribution in [-0.4, -0.2) is 38.2 Å². The van der Waals surface area contributed by atoms with Crippen molar-refractivity contribution in [3.63, 3.8) is 0 Å². The number of fused-ring (bicyclic) bond motifs is 1. The molecule has 1 amide bonds. The topological polar surface area (TPSA) is 78.3 Å². The highest BCUT2D eigenvalue weighted by atomic mass is 19.4. The number of alkyl halides is 3. The van der Waals surface area contributed by atoms with E-state index in [0.717, 1.165) is 21.6 Å². The molecule has 0 saturated heterocycles. The molecule has 2 heterocycles. The summed E-state index contributed by atoms with van der Waals surface area (Å²) < 4.78 is 39.4. The van der Waals surface area contributed by atoms with Gasteiger partial charge in [0.2, 0.25) is 5.88 Å². The summed E-state index contributed by atoms with van der Waals surface area (Å²) in [6.45, 7) is 0.479. The third-order valence-corrected chi connectivity index (χ3v) is 5.23. The SMILES string of the molecule is CC(c1ccc(-c2ccc3c(c2)CN(CC(F)(F)F)C3=O)cc1)n1cc(O)[nH]c1=O. The van der Waals surface area contributed by atoms with E-state index in [1.165, 1.54) is 10.8 Å². The van der Waals surface area contributed by atoms with Gasteiger partial charge >= 0.3 is 11.9 Å². The van der Waals surface area contributed by atoms with Gasteiger partial charge < -0.3 is 10.0 Å². The summed E-state index contributed by atoms with van der Waals surface area (Å²) in [5.74, 6) is -0.825. The molecule has 0 aliphatic carbocycles. The van der Waals surface area contributed by atoms with E-state index >= 15 is 0 Å². The monoisotopic (exact) mass is 417 g/mol. The Morgan fingerprint density at radius 2 is 1.77 bits per heavy atom. The van der Waals surface area contributed by atoms with Gasteiger partial charge in [-0.2, -0.15) is 13.2 Å². The zero-order valence-corrected chi connectivity index (χ0v) is 15.9. The van der Waals surface area contributed by atoms with Crippen LogP contribution in [0, 0.1) is 0 Å². The second kappa shape index (κ2) is 7.08. The van der Waals surface area contributed by atoms with Crippen molar-refractivity contribution in [2.75, 3.05) is 6.54 Å². The van der Waals surface area contributed by atoms with Crippen LogP contribution in [-0.2, 0) is 6.54 Å². The fourth-order valence-electron chi connectivity index (χ4n) is 3.70. The Hall–Kier alpha value is -3.49. The van der Waals surface area contributed by atoms with Crippen LogP contribution in [0.25, 0.3) is 11.1 Å². The number of halogens is 3. The number of nitrogens with one attached hydrogen (secondary N) is 1. The van der Waals surface area contributed by atoms with Crippen molar-refractivity contribution in [1.29, 1.82) is 0 Å². The Morgan fingerprint density at radius 3 is 2.37 bits per heavy atom. The van der Waals surface area contributed by atoms with Gasteiger partial charge in [0.1, 0.15) is 6.54 Å². The predicted octanol–water partition coefficient (Wildman–Crippen LogP) is 3.68. The fourth-order valence-corrected chi connectivity index (χ4v) is 3.70. The molecule has 4 rings (SSSR count). The van der Waals surface area contributed by atoms with Crippen LogP contribution in [0.2, 0.25) is 0 Å². The maximum absolute atomic E-state index is 12.7. The van der Waals surface area contributed by atoms with Gasteiger partial charge in [0.25, 0.3) is 5.91 Å². The second-order valence-electron chi connectivity index (χ2n) is 7.30. The van der Waals surface area contributed by atoms with Crippen LogP contribution in [0.4, 0.5) is 13.2 Å². The summed E-state index contributed by atoms with van der Waals surface area (Å²) in [7, 11) is 0. The molecule has 0 saturated carbocycles. The molecular formula is C21H18F3N3O3. The number of aromatic hydroxyl groups is 1. The minimum Gasteiger partial charge on any atom is -0.493 e. The highest BCUT2D eigenvalue weighted by Crippen LogP contribution is 2.31. The van der Waals surface area contributed by atoms with E-state index in [0.29, 0.717) is 11.1 Å². The van der Waals surface area contributed by atoms with E-state index in [-0.39, 0.29) is 18.5 Å². The second-order valence-corrected chi connectivity index (χ2v) is 7.30. The van der Waals surface area contributed by atoms with E-state index in [1.54, 1.807) is 18.2 Å². The molecule has 0 bridgehead atoms. The van der Waals surface area contributed by atoms with E-state index < -0.39 is 24.3 Å². The summed E-state index contributed by atoms with van der Waals surface area (Å²) in [5.41, 5.74) is 2.89. The number of rotatable bonds is 4. The number of amides is 1. The molecule has 1 aliphatic heterocycles.